The number of carboxylic acid groups (broad SMARTS) is 1. The number of esters is 1. The van der Waals surface area contributed by atoms with E-state index in [-0.39, 0.29) is 24.6 Å². The Bertz CT molecular complexity index is 475. The Hall–Kier alpha value is -2.14. The van der Waals surface area contributed by atoms with Crippen LogP contribution in [0.3, 0.4) is 0 Å². The molecule has 0 amide bonds. The Morgan fingerprint density at radius 3 is 2.37 bits per heavy atom. The quantitative estimate of drug-likeness (QED) is 0.604. The standard InChI is InChI=1S/C14H16O5/c1-9(14(17)18)7-13(16)12-5-3-11(4-6-12)8-19-10(2)15/h3-6,13,16H,1,7-8H2,2H3,(H,17,18). The van der Waals surface area contributed by atoms with Crippen molar-refractivity contribution in [2.45, 2.75) is 26.1 Å². The highest BCUT2D eigenvalue weighted by molar-refractivity contribution is 5.85. The summed E-state index contributed by atoms with van der Waals surface area (Å²) in [5.41, 5.74) is 1.34. The monoisotopic (exact) mass is 264 g/mol. The van der Waals surface area contributed by atoms with Crippen LogP contribution in [0.5, 0.6) is 0 Å². The van der Waals surface area contributed by atoms with Crippen LogP contribution in [0.4, 0.5) is 0 Å². The third kappa shape index (κ3) is 4.93. The molecule has 19 heavy (non-hydrogen) atoms. The minimum atomic E-state index is -1.12. The topological polar surface area (TPSA) is 83.8 Å². The highest BCUT2D eigenvalue weighted by Crippen LogP contribution is 2.21. The molecule has 1 unspecified atom stereocenters. The number of benzene rings is 1. The number of aliphatic hydroxyl groups excluding tert-OH is 1. The van der Waals surface area contributed by atoms with Gasteiger partial charge in [0.25, 0.3) is 0 Å². The lowest BCUT2D eigenvalue weighted by Crippen LogP contribution is -2.06. The summed E-state index contributed by atoms with van der Waals surface area (Å²) in [7, 11) is 0. The molecule has 5 heteroatoms. The summed E-state index contributed by atoms with van der Waals surface area (Å²) in [6, 6.07) is 6.76. The molecule has 0 aliphatic carbocycles. The van der Waals surface area contributed by atoms with Crippen molar-refractivity contribution < 1.29 is 24.5 Å². The second-order valence-corrected chi connectivity index (χ2v) is 4.15. The molecule has 0 spiro atoms. The highest BCUT2D eigenvalue weighted by Gasteiger charge is 2.13. The zero-order chi connectivity index (χ0) is 14.4. The van der Waals surface area contributed by atoms with Gasteiger partial charge < -0.3 is 14.9 Å². The second kappa shape index (κ2) is 6.70. The minimum absolute atomic E-state index is 0.0291. The molecule has 0 aliphatic heterocycles. The summed E-state index contributed by atoms with van der Waals surface area (Å²) < 4.78 is 4.83. The van der Waals surface area contributed by atoms with Crippen LogP contribution in [0, 0.1) is 0 Å². The van der Waals surface area contributed by atoms with Crippen molar-refractivity contribution in [2.24, 2.45) is 0 Å². The van der Waals surface area contributed by atoms with Crippen molar-refractivity contribution in [1.29, 1.82) is 0 Å². The van der Waals surface area contributed by atoms with Gasteiger partial charge in [-0.1, -0.05) is 30.8 Å². The number of carboxylic acids is 1. The van der Waals surface area contributed by atoms with Gasteiger partial charge in [-0.25, -0.2) is 4.79 Å². The van der Waals surface area contributed by atoms with Gasteiger partial charge in [-0.3, -0.25) is 4.79 Å². The first-order valence-corrected chi connectivity index (χ1v) is 5.71. The number of aliphatic hydroxyl groups is 1. The van der Waals surface area contributed by atoms with Gasteiger partial charge in [0.2, 0.25) is 0 Å². The lowest BCUT2D eigenvalue weighted by molar-refractivity contribution is -0.142. The Balaban J connectivity index is 2.62. The van der Waals surface area contributed by atoms with Gasteiger partial charge >= 0.3 is 11.9 Å². The summed E-state index contributed by atoms with van der Waals surface area (Å²) in [4.78, 5) is 21.3. The van der Waals surface area contributed by atoms with Gasteiger partial charge in [0, 0.05) is 18.9 Å². The number of hydrogen-bond donors (Lipinski definition) is 2. The molecule has 102 valence electrons. The first-order chi connectivity index (χ1) is 8.90. The van der Waals surface area contributed by atoms with Crippen LogP contribution >= 0.6 is 0 Å². The lowest BCUT2D eigenvalue weighted by Gasteiger charge is -2.11. The Kier molecular flexibility index (Phi) is 5.26. The van der Waals surface area contributed by atoms with E-state index >= 15 is 0 Å². The first kappa shape index (κ1) is 14.9. The highest BCUT2D eigenvalue weighted by atomic mass is 16.5. The van der Waals surface area contributed by atoms with E-state index in [9.17, 15) is 14.7 Å². The number of carbonyl (C=O) groups is 2. The predicted molar refractivity (Wildman–Crippen MR) is 68.3 cm³/mol. The van der Waals surface area contributed by atoms with Gasteiger partial charge in [-0.15, -0.1) is 0 Å². The molecule has 0 aromatic heterocycles. The van der Waals surface area contributed by atoms with Crippen LogP contribution in [-0.2, 0) is 20.9 Å². The molecule has 0 saturated carbocycles. The van der Waals surface area contributed by atoms with Crippen molar-refractivity contribution in [3.63, 3.8) is 0 Å². The maximum atomic E-state index is 10.6. The van der Waals surface area contributed by atoms with Crippen LogP contribution < -0.4 is 0 Å². The molecule has 1 rings (SSSR count). The van der Waals surface area contributed by atoms with E-state index in [1.165, 1.54) is 6.92 Å². The van der Waals surface area contributed by atoms with Gasteiger partial charge in [0.05, 0.1) is 6.10 Å². The fourth-order valence-electron chi connectivity index (χ4n) is 1.46. The van der Waals surface area contributed by atoms with Crippen LogP contribution in [-0.4, -0.2) is 22.2 Å². The van der Waals surface area contributed by atoms with Crippen LogP contribution in [0.25, 0.3) is 0 Å². The normalized spacial score (nSPS) is 11.7. The smallest absolute Gasteiger partial charge is 0.331 e. The Morgan fingerprint density at radius 2 is 1.89 bits per heavy atom. The zero-order valence-electron chi connectivity index (χ0n) is 10.6. The van der Waals surface area contributed by atoms with Crippen molar-refractivity contribution in [3.8, 4) is 0 Å². The van der Waals surface area contributed by atoms with E-state index in [1.807, 2.05) is 0 Å². The summed E-state index contributed by atoms with van der Waals surface area (Å²) in [5, 5.41) is 18.5. The molecular weight excluding hydrogens is 248 g/mol. The molecule has 1 atom stereocenters. The van der Waals surface area contributed by atoms with Gasteiger partial charge in [-0.2, -0.15) is 0 Å². The Morgan fingerprint density at radius 1 is 1.32 bits per heavy atom. The average Bonchev–Trinajstić information content (AvgIpc) is 2.36. The zero-order valence-corrected chi connectivity index (χ0v) is 10.6. The molecular formula is C14H16O5. The average molecular weight is 264 g/mol. The number of carbonyl (C=O) groups excluding carboxylic acids is 1. The van der Waals surface area contributed by atoms with E-state index in [0.29, 0.717) is 5.56 Å². The van der Waals surface area contributed by atoms with Crippen molar-refractivity contribution >= 4 is 11.9 Å². The van der Waals surface area contributed by atoms with Crippen molar-refractivity contribution in [1.82, 2.24) is 0 Å². The maximum absolute atomic E-state index is 10.6. The van der Waals surface area contributed by atoms with E-state index < -0.39 is 12.1 Å². The summed E-state index contributed by atoms with van der Waals surface area (Å²) in [6.07, 6.45) is -0.940. The molecule has 0 fully saturated rings. The number of aliphatic carboxylic acids is 1. The van der Waals surface area contributed by atoms with Crippen molar-refractivity contribution in [2.75, 3.05) is 0 Å². The fourth-order valence-corrected chi connectivity index (χ4v) is 1.46. The SMILES string of the molecule is C=C(CC(O)c1ccc(COC(C)=O)cc1)C(=O)O. The van der Waals surface area contributed by atoms with Gasteiger partial charge in [-0.05, 0) is 11.1 Å². The number of ether oxygens (including phenoxy) is 1. The second-order valence-electron chi connectivity index (χ2n) is 4.15. The summed E-state index contributed by atoms with van der Waals surface area (Å²) >= 11 is 0. The third-order valence-electron chi connectivity index (χ3n) is 2.55. The Labute approximate surface area is 111 Å². The lowest BCUT2D eigenvalue weighted by atomic mass is 10.0. The van der Waals surface area contributed by atoms with E-state index in [0.717, 1.165) is 5.56 Å². The predicted octanol–water partition coefficient (Wildman–Crippen LogP) is 1.81. The number of rotatable bonds is 6. The first-order valence-electron chi connectivity index (χ1n) is 5.71. The van der Waals surface area contributed by atoms with E-state index in [1.54, 1.807) is 24.3 Å². The fraction of sp³-hybridized carbons (Fsp3) is 0.286. The molecule has 2 N–H and O–H groups in total. The number of hydrogen-bond acceptors (Lipinski definition) is 4. The molecule has 5 nitrogen and oxygen atoms in total. The van der Waals surface area contributed by atoms with Crippen LogP contribution in [0.15, 0.2) is 36.4 Å². The molecule has 0 bridgehead atoms. The van der Waals surface area contributed by atoms with Crippen molar-refractivity contribution in [3.05, 3.63) is 47.5 Å². The minimum Gasteiger partial charge on any atom is -0.478 e. The maximum Gasteiger partial charge on any atom is 0.331 e. The summed E-state index contributed by atoms with van der Waals surface area (Å²) in [5.74, 6) is -1.48. The van der Waals surface area contributed by atoms with E-state index in [4.69, 9.17) is 9.84 Å². The summed E-state index contributed by atoms with van der Waals surface area (Å²) in [6.45, 7) is 4.87. The molecule has 0 heterocycles. The molecule has 0 aliphatic rings. The molecule has 1 aromatic rings. The van der Waals surface area contributed by atoms with Crippen LogP contribution in [0.2, 0.25) is 0 Å². The third-order valence-corrected chi connectivity index (χ3v) is 2.55. The van der Waals surface area contributed by atoms with Gasteiger partial charge in [0.1, 0.15) is 6.61 Å². The largest absolute Gasteiger partial charge is 0.478 e. The van der Waals surface area contributed by atoms with Gasteiger partial charge in [0.15, 0.2) is 0 Å². The van der Waals surface area contributed by atoms with E-state index in [2.05, 4.69) is 6.58 Å². The van der Waals surface area contributed by atoms with Crippen LogP contribution in [0.1, 0.15) is 30.6 Å². The molecule has 1 aromatic carbocycles. The molecule has 0 radical (unpaired) electrons. The molecule has 0 saturated heterocycles.